The fourth-order valence-corrected chi connectivity index (χ4v) is 2.28. The molecule has 1 aliphatic rings. The van der Waals surface area contributed by atoms with Gasteiger partial charge in [-0.3, -0.25) is 9.69 Å². The van der Waals surface area contributed by atoms with Gasteiger partial charge in [-0.05, 0) is 24.1 Å². The number of halogens is 1. The number of nitrogens with one attached hydrogen (secondary N) is 1. The average molecular weight is 313 g/mol. The first-order chi connectivity index (χ1) is 8.58. The number of carbonyl (C=O) groups excluding carboxylic acids is 1. The van der Waals surface area contributed by atoms with Gasteiger partial charge in [-0.25, -0.2) is 4.79 Å². The van der Waals surface area contributed by atoms with Crippen molar-refractivity contribution in [2.45, 2.75) is 12.8 Å². The predicted molar refractivity (Wildman–Crippen MR) is 70.8 cm³/mol. The standard InChI is InChI=1S/C12H13BrN2O3/c13-9-2-1-8-4-6-15(10(8)7-9)12(18)14-5-3-11(16)17/h1-2,7H,3-6H2,(H,14,18)(H,16,17). The van der Waals surface area contributed by atoms with Crippen molar-refractivity contribution in [2.24, 2.45) is 0 Å². The second kappa shape index (κ2) is 5.39. The van der Waals surface area contributed by atoms with Gasteiger partial charge in [-0.2, -0.15) is 0 Å². The van der Waals surface area contributed by atoms with E-state index in [1.807, 2.05) is 18.2 Å². The van der Waals surface area contributed by atoms with Gasteiger partial charge >= 0.3 is 12.0 Å². The Hall–Kier alpha value is -1.56. The quantitative estimate of drug-likeness (QED) is 0.897. The molecule has 0 spiro atoms. The van der Waals surface area contributed by atoms with Crippen molar-refractivity contribution in [3.63, 3.8) is 0 Å². The van der Waals surface area contributed by atoms with Crippen LogP contribution in [0.5, 0.6) is 0 Å². The highest BCUT2D eigenvalue weighted by atomic mass is 79.9. The third-order valence-electron chi connectivity index (χ3n) is 2.80. The topological polar surface area (TPSA) is 69.6 Å². The normalized spacial score (nSPS) is 13.3. The first-order valence-corrected chi connectivity index (χ1v) is 6.43. The molecule has 96 valence electrons. The number of hydrogen-bond donors (Lipinski definition) is 2. The molecule has 0 bridgehead atoms. The fourth-order valence-electron chi connectivity index (χ4n) is 1.94. The molecule has 2 rings (SSSR count). The Morgan fingerprint density at radius 3 is 2.94 bits per heavy atom. The van der Waals surface area contributed by atoms with Gasteiger partial charge in [-0.1, -0.05) is 22.0 Å². The maximum absolute atomic E-state index is 11.9. The van der Waals surface area contributed by atoms with E-state index in [0.29, 0.717) is 6.54 Å². The van der Waals surface area contributed by atoms with E-state index < -0.39 is 5.97 Å². The van der Waals surface area contributed by atoms with Crippen molar-refractivity contribution >= 4 is 33.6 Å². The van der Waals surface area contributed by atoms with Crippen LogP contribution in [-0.2, 0) is 11.2 Å². The number of rotatable bonds is 3. The maximum atomic E-state index is 11.9. The van der Waals surface area contributed by atoms with Crippen molar-refractivity contribution in [1.29, 1.82) is 0 Å². The van der Waals surface area contributed by atoms with E-state index >= 15 is 0 Å². The fraction of sp³-hybridized carbons (Fsp3) is 0.333. The van der Waals surface area contributed by atoms with Crippen LogP contribution in [0.15, 0.2) is 22.7 Å². The lowest BCUT2D eigenvalue weighted by Crippen LogP contribution is -2.39. The SMILES string of the molecule is O=C(O)CCNC(=O)N1CCc2ccc(Br)cc21. The molecule has 0 radical (unpaired) electrons. The lowest BCUT2D eigenvalue weighted by molar-refractivity contribution is -0.136. The molecule has 1 heterocycles. The van der Waals surface area contributed by atoms with Gasteiger partial charge in [0.25, 0.3) is 0 Å². The molecule has 1 aromatic rings. The number of hydrogen-bond acceptors (Lipinski definition) is 2. The predicted octanol–water partition coefficient (Wildman–Crippen LogP) is 2.00. The summed E-state index contributed by atoms with van der Waals surface area (Å²) >= 11 is 3.38. The van der Waals surface area contributed by atoms with Gasteiger partial charge in [0.1, 0.15) is 0 Å². The molecular weight excluding hydrogens is 300 g/mol. The summed E-state index contributed by atoms with van der Waals surface area (Å²) in [6.45, 7) is 0.776. The highest BCUT2D eigenvalue weighted by molar-refractivity contribution is 9.10. The Morgan fingerprint density at radius 2 is 2.22 bits per heavy atom. The number of amides is 2. The second-order valence-electron chi connectivity index (χ2n) is 4.05. The highest BCUT2D eigenvalue weighted by Crippen LogP contribution is 2.30. The summed E-state index contributed by atoms with van der Waals surface area (Å²) in [5.74, 6) is -0.917. The van der Waals surface area contributed by atoms with E-state index in [2.05, 4.69) is 21.2 Å². The third-order valence-corrected chi connectivity index (χ3v) is 3.30. The van der Waals surface area contributed by atoms with Crippen LogP contribution in [0.2, 0.25) is 0 Å². The molecule has 0 atom stereocenters. The summed E-state index contributed by atoms with van der Waals surface area (Å²) in [6, 6.07) is 5.60. The van der Waals surface area contributed by atoms with Gasteiger partial charge < -0.3 is 10.4 Å². The number of aliphatic carboxylic acids is 1. The summed E-state index contributed by atoms with van der Waals surface area (Å²) < 4.78 is 0.923. The van der Waals surface area contributed by atoms with Crippen LogP contribution in [0.3, 0.4) is 0 Å². The van der Waals surface area contributed by atoms with Crippen molar-refractivity contribution < 1.29 is 14.7 Å². The molecule has 1 aliphatic heterocycles. The van der Waals surface area contributed by atoms with Gasteiger partial charge in [0.15, 0.2) is 0 Å². The van der Waals surface area contributed by atoms with Crippen molar-refractivity contribution in [3.05, 3.63) is 28.2 Å². The molecule has 18 heavy (non-hydrogen) atoms. The van der Waals surface area contributed by atoms with Crippen LogP contribution < -0.4 is 10.2 Å². The van der Waals surface area contributed by atoms with E-state index in [0.717, 1.165) is 22.1 Å². The molecule has 2 amide bonds. The smallest absolute Gasteiger partial charge is 0.321 e. The molecule has 0 aromatic heterocycles. The number of carboxylic acid groups (broad SMARTS) is 1. The Morgan fingerprint density at radius 1 is 1.44 bits per heavy atom. The van der Waals surface area contributed by atoms with Crippen LogP contribution >= 0.6 is 15.9 Å². The lowest BCUT2D eigenvalue weighted by atomic mass is 10.2. The summed E-state index contributed by atoms with van der Waals surface area (Å²) in [5.41, 5.74) is 2.02. The molecule has 1 aromatic carbocycles. The van der Waals surface area contributed by atoms with E-state index in [1.165, 1.54) is 0 Å². The molecule has 0 saturated carbocycles. The molecule has 2 N–H and O–H groups in total. The van der Waals surface area contributed by atoms with Crippen molar-refractivity contribution in [3.8, 4) is 0 Å². The minimum atomic E-state index is -0.917. The number of fused-ring (bicyclic) bond motifs is 1. The Balaban J connectivity index is 2.02. The maximum Gasteiger partial charge on any atom is 0.321 e. The molecule has 0 fully saturated rings. The number of urea groups is 1. The van der Waals surface area contributed by atoms with Gasteiger partial charge in [0, 0.05) is 23.2 Å². The van der Waals surface area contributed by atoms with E-state index in [1.54, 1.807) is 4.90 Å². The largest absolute Gasteiger partial charge is 0.481 e. The van der Waals surface area contributed by atoms with E-state index in [9.17, 15) is 9.59 Å². The average Bonchev–Trinajstić information content (AvgIpc) is 2.71. The van der Waals surface area contributed by atoms with E-state index in [4.69, 9.17) is 5.11 Å². The number of nitrogens with zero attached hydrogens (tertiary/aromatic N) is 1. The van der Waals surface area contributed by atoms with Crippen LogP contribution in [0.4, 0.5) is 10.5 Å². The number of benzene rings is 1. The minimum absolute atomic E-state index is 0.0646. The summed E-state index contributed by atoms with van der Waals surface area (Å²) in [4.78, 5) is 23.9. The van der Waals surface area contributed by atoms with Gasteiger partial charge in [0.05, 0.1) is 6.42 Å². The summed E-state index contributed by atoms with van der Waals surface area (Å²) in [7, 11) is 0. The second-order valence-corrected chi connectivity index (χ2v) is 4.97. The number of carbonyl (C=O) groups is 2. The Bertz CT molecular complexity index is 490. The van der Waals surface area contributed by atoms with Crippen LogP contribution in [-0.4, -0.2) is 30.2 Å². The number of anilines is 1. The zero-order valence-electron chi connectivity index (χ0n) is 9.65. The van der Waals surface area contributed by atoms with E-state index in [-0.39, 0.29) is 19.0 Å². The summed E-state index contributed by atoms with van der Waals surface area (Å²) in [6.07, 6.45) is 0.764. The van der Waals surface area contributed by atoms with Gasteiger partial charge in [0.2, 0.25) is 0 Å². The minimum Gasteiger partial charge on any atom is -0.481 e. The molecule has 0 unspecified atom stereocenters. The van der Waals surface area contributed by atoms with Gasteiger partial charge in [-0.15, -0.1) is 0 Å². The first kappa shape index (κ1) is 12.9. The van der Waals surface area contributed by atoms with Crippen LogP contribution in [0.25, 0.3) is 0 Å². The third kappa shape index (κ3) is 2.81. The monoisotopic (exact) mass is 312 g/mol. The number of carboxylic acids is 1. The molecule has 0 saturated heterocycles. The summed E-state index contributed by atoms with van der Waals surface area (Å²) in [5, 5.41) is 11.1. The Kier molecular flexibility index (Phi) is 3.86. The molecule has 6 heteroatoms. The molecule has 0 aliphatic carbocycles. The highest BCUT2D eigenvalue weighted by Gasteiger charge is 2.24. The molecular formula is C12H13BrN2O3. The van der Waals surface area contributed by atoms with Crippen molar-refractivity contribution in [1.82, 2.24) is 5.32 Å². The Labute approximate surface area is 113 Å². The van der Waals surface area contributed by atoms with Crippen LogP contribution in [0, 0.1) is 0 Å². The first-order valence-electron chi connectivity index (χ1n) is 5.63. The van der Waals surface area contributed by atoms with Crippen LogP contribution in [0.1, 0.15) is 12.0 Å². The lowest BCUT2D eigenvalue weighted by Gasteiger charge is -2.18. The van der Waals surface area contributed by atoms with Crippen molar-refractivity contribution in [2.75, 3.05) is 18.0 Å². The zero-order chi connectivity index (χ0) is 13.1. The molecule has 5 nitrogen and oxygen atoms in total. The zero-order valence-corrected chi connectivity index (χ0v) is 11.2.